The maximum atomic E-state index is 11.7. The largest absolute Gasteiger partial charge is 0.481 e. The van der Waals surface area contributed by atoms with Gasteiger partial charge in [0.1, 0.15) is 5.69 Å². The fourth-order valence-corrected chi connectivity index (χ4v) is 3.28. The summed E-state index contributed by atoms with van der Waals surface area (Å²) in [5.41, 5.74) is 5.29. The number of methoxy groups -OCH3 is 1. The molecule has 0 spiro atoms. The van der Waals surface area contributed by atoms with Gasteiger partial charge in [0.2, 0.25) is 5.88 Å². The molecule has 7 heteroatoms. The highest BCUT2D eigenvalue weighted by Gasteiger charge is 2.22. The lowest BCUT2D eigenvalue weighted by Crippen LogP contribution is -2.05. The first-order valence-electron chi connectivity index (χ1n) is 8.83. The normalized spacial score (nSPS) is 13.7. The molecular weight excluding hydrogens is 344 g/mol. The number of ether oxygens (including phenoxy) is 2. The molecule has 0 N–H and O–H groups in total. The van der Waals surface area contributed by atoms with E-state index in [1.165, 1.54) is 6.92 Å². The number of ketones is 1. The van der Waals surface area contributed by atoms with Crippen LogP contribution in [0.15, 0.2) is 36.7 Å². The van der Waals surface area contributed by atoms with Crippen molar-refractivity contribution in [2.45, 2.75) is 19.8 Å². The molecule has 0 atom stereocenters. The van der Waals surface area contributed by atoms with E-state index in [0.29, 0.717) is 24.8 Å². The summed E-state index contributed by atoms with van der Waals surface area (Å²) in [4.78, 5) is 20.2. The molecule has 0 bridgehead atoms. The Labute approximate surface area is 157 Å². The van der Waals surface area contributed by atoms with Crippen molar-refractivity contribution in [2.24, 2.45) is 0 Å². The highest BCUT2D eigenvalue weighted by molar-refractivity contribution is 5.93. The SMILES string of the molecule is COc1ccc(-n2nc(-c3ccnc(C(C)=O)c3)c3c2CCOCC3)cn1. The smallest absolute Gasteiger partial charge is 0.213 e. The van der Waals surface area contributed by atoms with E-state index in [0.717, 1.165) is 41.0 Å². The van der Waals surface area contributed by atoms with Gasteiger partial charge in [0.05, 0.1) is 43.6 Å². The van der Waals surface area contributed by atoms with Crippen LogP contribution in [0.3, 0.4) is 0 Å². The Hall–Kier alpha value is -3.06. The van der Waals surface area contributed by atoms with Gasteiger partial charge in [-0.3, -0.25) is 9.78 Å². The Morgan fingerprint density at radius 1 is 1.19 bits per heavy atom. The lowest BCUT2D eigenvalue weighted by atomic mass is 10.0. The van der Waals surface area contributed by atoms with Crippen LogP contribution < -0.4 is 4.74 Å². The average Bonchev–Trinajstić information content (AvgIpc) is 2.89. The number of fused-ring (bicyclic) bond motifs is 1. The Balaban J connectivity index is 1.86. The quantitative estimate of drug-likeness (QED) is 0.662. The zero-order valence-electron chi connectivity index (χ0n) is 15.3. The first-order valence-corrected chi connectivity index (χ1v) is 8.83. The minimum Gasteiger partial charge on any atom is -0.481 e. The molecule has 1 aliphatic rings. The van der Waals surface area contributed by atoms with Crippen molar-refractivity contribution in [1.82, 2.24) is 19.7 Å². The van der Waals surface area contributed by atoms with E-state index in [-0.39, 0.29) is 5.78 Å². The summed E-state index contributed by atoms with van der Waals surface area (Å²) in [6, 6.07) is 7.43. The maximum Gasteiger partial charge on any atom is 0.213 e. The third kappa shape index (κ3) is 3.33. The highest BCUT2D eigenvalue weighted by atomic mass is 16.5. The summed E-state index contributed by atoms with van der Waals surface area (Å²) >= 11 is 0. The standard InChI is InChI=1S/C20H20N4O3/c1-13(25)17-11-14(5-8-21-17)20-16-6-9-27-10-7-18(16)24(23-20)15-3-4-19(26-2)22-12-15/h3-5,8,11-12H,6-7,9-10H2,1-2H3. The van der Waals surface area contributed by atoms with Gasteiger partial charge in [-0.25, -0.2) is 9.67 Å². The van der Waals surface area contributed by atoms with Gasteiger partial charge >= 0.3 is 0 Å². The minimum atomic E-state index is -0.0648. The summed E-state index contributed by atoms with van der Waals surface area (Å²) < 4.78 is 12.7. The van der Waals surface area contributed by atoms with Gasteiger partial charge in [-0.15, -0.1) is 0 Å². The van der Waals surface area contributed by atoms with Crippen molar-refractivity contribution < 1.29 is 14.3 Å². The molecule has 1 aliphatic heterocycles. The van der Waals surface area contributed by atoms with E-state index in [1.54, 1.807) is 25.6 Å². The highest BCUT2D eigenvalue weighted by Crippen LogP contribution is 2.30. The first-order chi connectivity index (χ1) is 13.2. The maximum absolute atomic E-state index is 11.7. The van der Waals surface area contributed by atoms with Crippen LogP contribution in [0.1, 0.15) is 28.7 Å². The van der Waals surface area contributed by atoms with E-state index in [4.69, 9.17) is 14.6 Å². The number of nitrogens with zero attached hydrogens (tertiary/aromatic N) is 4. The lowest BCUT2D eigenvalue weighted by molar-refractivity contribution is 0.101. The number of Topliss-reactive ketones (excluding diaryl/α,β-unsaturated/α-hetero) is 1. The van der Waals surface area contributed by atoms with Crippen LogP contribution in [0.4, 0.5) is 0 Å². The van der Waals surface area contributed by atoms with Crippen molar-refractivity contribution in [3.63, 3.8) is 0 Å². The first kappa shape index (κ1) is 17.4. The molecule has 3 aromatic rings. The van der Waals surface area contributed by atoms with E-state index in [2.05, 4.69) is 9.97 Å². The van der Waals surface area contributed by atoms with Crippen LogP contribution >= 0.6 is 0 Å². The third-order valence-corrected chi connectivity index (χ3v) is 4.64. The fourth-order valence-electron chi connectivity index (χ4n) is 3.28. The predicted octanol–water partition coefficient (Wildman–Crippen LogP) is 2.66. The predicted molar refractivity (Wildman–Crippen MR) is 99.4 cm³/mol. The van der Waals surface area contributed by atoms with Crippen molar-refractivity contribution in [2.75, 3.05) is 20.3 Å². The Kier molecular flexibility index (Phi) is 4.68. The van der Waals surface area contributed by atoms with Gasteiger partial charge in [-0.05, 0) is 24.6 Å². The van der Waals surface area contributed by atoms with Crippen molar-refractivity contribution in [3.05, 3.63) is 53.6 Å². The van der Waals surface area contributed by atoms with Gasteiger partial charge < -0.3 is 9.47 Å². The van der Waals surface area contributed by atoms with E-state index >= 15 is 0 Å². The van der Waals surface area contributed by atoms with Crippen molar-refractivity contribution >= 4 is 5.78 Å². The number of hydrogen-bond acceptors (Lipinski definition) is 6. The molecule has 138 valence electrons. The number of aromatic nitrogens is 4. The molecule has 27 heavy (non-hydrogen) atoms. The Morgan fingerprint density at radius 2 is 2.04 bits per heavy atom. The summed E-state index contributed by atoms with van der Waals surface area (Å²) in [5.74, 6) is 0.492. The van der Waals surface area contributed by atoms with Crippen LogP contribution in [0.25, 0.3) is 16.9 Å². The van der Waals surface area contributed by atoms with Crippen LogP contribution in [0.2, 0.25) is 0 Å². The van der Waals surface area contributed by atoms with E-state index < -0.39 is 0 Å². The van der Waals surface area contributed by atoms with Gasteiger partial charge in [0, 0.05) is 36.7 Å². The fraction of sp³-hybridized carbons (Fsp3) is 0.300. The minimum absolute atomic E-state index is 0.0648. The van der Waals surface area contributed by atoms with Crippen LogP contribution in [0.5, 0.6) is 5.88 Å². The molecule has 0 amide bonds. The van der Waals surface area contributed by atoms with E-state index in [1.807, 2.05) is 22.9 Å². The second kappa shape index (κ2) is 7.28. The molecule has 0 fully saturated rings. The molecule has 0 radical (unpaired) electrons. The second-order valence-electron chi connectivity index (χ2n) is 6.34. The summed E-state index contributed by atoms with van der Waals surface area (Å²) in [6.45, 7) is 2.82. The average molecular weight is 364 g/mol. The number of carbonyl (C=O) groups excluding carboxylic acids is 1. The number of hydrogen-bond donors (Lipinski definition) is 0. The number of rotatable bonds is 4. The van der Waals surface area contributed by atoms with Gasteiger partial charge in [0.25, 0.3) is 0 Å². The summed E-state index contributed by atoms with van der Waals surface area (Å²) in [5, 5.41) is 4.87. The zero-order valence-corrected chi connectivity index (χ0v) is 15.3. The number of carbonyl (C=O) groups is 1. The molecule has 7 nitrogen and oxygen atoms in total. The molecule has 0 aliphatic carbocycles. The molecule has 3 aromatic heterocycles. The monoisotopic (exact) mass is 364 g/mol. The van der Waals surface area contributed by atoms with Crippen molar-refractivity contribution in [1.29, 1.82) is 0 Å². The van der Waals surface area contributed by atoms with Gasteiger partial charge in [-0.1, -0.05) is 0 Å². The molecule has 0 saturated heterocycles. The summed E-state index contributed by atoms with van der Waals surface area (Å²) in [7, 11) is 1.59. The molecule has 4 rings (SSSR count). The van der Waals surface area contributed by atoms with E-state index in [9.17, 15) is 4.79 Å². The molecule has 4 heterocycles. The molecule has 0 aromatic carbocycles. The number of pyridine rings is 2. The van der Waals surface area contributed by atoms with Crippen LogP contribution in [-0.2, 0) is 17.6 Å². The van der Waals surface area contributed by atoms with Gasteiger partial charge in [0.15, 0.2) is 5.78 Å². The third-order valence-electron chi connectivity index (χ3n) is 4.64. The Bertz CT molecular complexity index is 979. The van der Waals surface area contributed by atoms with Crippen molar-refractivity contribution in [3.8, 4) is 22.8 Å². The van der Waals surface area contributed by atoms with Gasteiger partial charge in [-0.2, -0.15) is 5.10 Å². The zero-order chi connectivity index (χ0) is 18.8. The van der Waals surface area contributed by atoms with Crippen LogP contribution in [0, 0.1) is 0 Å². The Morgan fingerprint density at radius 3 is 2.78 bits per heavy atom. The van der Waals surface area contributed by atoms with Crippen LogP contribution in [-0.4, -0.2) is 45.9 Å². The second-order valence-corrected chi connectivity index (χ2v) is 6.34. The molecule has 0 unspecified atom stereocenters. The topological polar surface area (TPSA) is 79.1 Å². The molecular formula is C20H20N4O3. The lowest BCUT2D eigenvalue weighted by Gasteiger charge is -2.07. The summed E-state index contributed by atoms with van der Waals surface area (Å²) in [6.07, 6.45) is 4.93. The molecule has 0 saturated carbocycles.